The maximum absolute atomic E-state index is 9.19. The minimum atomic E-state index is 0.669. The van der Waals surface area contributed by atoms with Gasteiger partial charge in [0.25, 0.3) is 0 Å². The van der Waals surface area contributed by atoms with Gasteiger partial charge in [-0.15, -0.1) is 0 Å². The van der Waals surface area contributed by atoms with Gasteiger partial charge in [-0.3, -0.25) is 0 Å². The normalized spacial score (nSPS) is 11.5. The molecule has 0 aliphatic heterocycles. The first-order valence-corrected chi connectivity index (χ1v) is 15.5. The van der Waals surface area contributed by atoms with Crippen LogP contribution in [0.15, 0.2) is 164 Å². The second-order valence-corrected chi connectivity index (χ2v) is 11.7. The largest absolute Gasteiger partial charge is 0.309 e. The molecule has 46 heavy (non-hydrogen) atoms. The predicted molar refractivity (Wildman–Crippen MR) is 191 cm³/mol. The Kier molecular flexibility index (Phi) is 5.88. The Balaban J connectivity index is 1.23. The molecule has 214 valence electrons. The highest BCUT2D eigenvalue weighted by molar-refractivity contribution is 6.17. The van der Waals surface area contributed by atoms with Gasteiger partial charge in [0.2, 0.25) is 0 Å². The molecule has 0 fully saturated rings. The first kappa shape index (κ1) is 26.1. The Morgan fingerprint density at radius 1 is 0.391 bits per heavy atom. The van der Waals surface area contributed by atoms with Crippen molar-refractivity contribution in [3.05, 3.63) is 169 Å². The van der Waals surface area contributed by atoms with Crippen LogP contribution in [0.25, 0.3) is 77.2 Å². The van der Waals surface area contributed by atoms with Crippen LogP contribution >= 0.6 is 0 Å². The molecule has 2 heterocycles. The van der Waals surface area contributed by atoms with E-state index in [4.69, 9.17) is 0 Å². The highest BCUT2D eigenvalue weighted by atomic mass is 15.0. The van der Waals surface area contributed by atoms with Crippen molar-refractivity contribution in [1.29, 1.82) is 5.26 Å². The van der Waals surface area contributed by atoms with Gasteiger partial charge in [0.15, 0.2) is 0 Å². The third-order valence-electron chi connectivity index (χ3n) is 9.17. The highest BCUT2D eigenvalue weighted by Crippen LogP contribution is 2.41. The number of nitriles is 1. The van der Waals surface area contributed by atoms with Crippen LogP contribution in [0.5, 0.6) is 0 Å². The number of benzene rings is 7. The molecular formula is C43H27N3. The molecule has 7 aromatic carbocycles. The summed E-state index contributed by atoms with van der Waals surface area (Å²) in [7, 11) is 0. The van der Waals surface area contributed by atoms with E-state index in [1.54, 1.807) is 0 Å². The van der Waals surface area contributed by atoms with Crippen molar-refractivity contribution in [3.63, 3.8) is 0 Å². The summed E-state index contributed by atoms with van der Waals surface area (Å²) in [5.41, 5.74) is 12.4. The van der Waals surface area contributed by atoms with E-state index in [-0.39, 0.29) is 0 Å². The molecule has 9 rings (SSSR count). The summed E-state index contributed by atoms with van der Waals surface area (Å²) in [6, 6.07) is 60.2. The average Bonchev–Trinajstić information content (AvgIpc) is 3.65. The van der Waals surface area contributed by atoms with Gasteiger partial charge < -0.3 is 9.13 Å². The van der Waals surface area contributed by atoms with E-state index >= 15 is 0 Å². The van der Waals surface area contributed by atoms with Gasteiger partial charge in [-0.25, -0.2) is 0 Å². The minimum absolute atomic E-state index is 0.669. The van der Waals surface area contributed by atoms with Crippen molar-refractivity contribution in [3.8, 4) is 39.7 Å². The van der Waals surface area contributed by atoms with E-state index in [1.807, 2.05) is 24.3 Å². The average molecular weight is 586 g/mol. The van der Waals surface area contributed by atoms with Crippen molar-refractivity contribution in [2.75, 3.05) is 0 Å². The molecule has 0 spiro atoms. The number of nitrogens with zero attached hydrogens (tertiary/aromatic N) is 3. The van der Waals surface area contributed by atoms with Gasteiger partial charge in [0.1, 0.15) is 0 Å². The quantitative estimate of drug-likeness (QED) is 0.202. The first-order valence-electron chi connectivity index (χ1n) is 15.5. The second kappa shape index (κ2) is 10.4. The van der Waals surface area contributed by atoms with E-state index in [2.05, 4.69) is 155 Å². The Morgan fingerprint density at radius 3 is 1.67 bits per heavy atom. The minimum Gasteiger partial charge on any atom is -0.309 e. The number of hydrogen-bond donors (Lipinski definition) is 0. The van der Waals surface area contributed by atoms with E-state index in [0.717, 1.165) is 22.5 Å². The first-order chi connectivity index (χ1) is 22.8. The van der Waals surface area contributed by atoms with Gasteiger partial charge in [-0.05, 0) is 89.0 Å². The van der Waals surface area contributed by atoms with Crippen molar-refractivity contribution < 1.29 is 0 Å². The van der Waals surface area contributed by atoms with Crippen molar-refractivity contribution in [1.82, 2.24) is 9.13 Å². The summed E-state index contributed by atoms with van der Waals surface area (Å²) in [6.07, 6.45) is 0. The number of aromatic nitrogens is 2. The molecule has 3 nitrogen and oxygen atoms in total. The molecule has 9 aromatic rings. The summed E-state index contributed by atoms with van der Waals surface area (Å²) in [5.74, 6) is 0. The van der Waals surface area contributed by atoms with Crippen molar-refractivity contribution in [2.24, 2.45) is 0 Å². The summed E-state index contributed by atoms with van der Waals surface area (Å²) in [4.78, 5) is 0. The highest BCUT2D eigenvalue weighted by Gasteiger charge is 2.18. The van der Waals surface area contributed by atoms with Crippen LogP contribution in [0.1, 0.15) is 5.56 Å². The monoisotopic (exact) mass is 585 g/mol. The molecule has 0 saturated heterocycles. The van der Waals surface area contributed by atoms with Crippen LogP contribution in [0.2, 0.25) is 0 Å². The summed E-state index contributed by atoms with van der Waals surface area (Å²) < 4.78 is 4.74. The zero-order valence-corrected chi connectivity index (χ0v) is 24.9. The lowest BCUT2D eigenvalue weighted by Crippen LogP contribution is -1.94. The third kappa shape index (κ3) is 3.98. The summed E-state index contributed by atoms with van der Waals surface area (Å²) in [6.45, 7) is 0. The standard InChI is InChI=1S/C43H27N3/c44-28-29-17-19-30(20-18-29)31-21-24-34(25-22-31)46-40-15-7-5-12-37(40)43-35(13-8-16-42(43)46)32-23-26-41-38(27-32)36-11-4-6-14-39(36)45(41)33-9-2-1-3-10-33/h1-27H. The van der Waals surface area contributed by atoms with Crippen LogP contribution < -0.4 is 0 Å². The summed E-state index contributed by atoms with van der Waals surface area (Å²) in [5, 5.41) is 14.2. The molecule has 0 radical (unpaired) electrons. The molecule has 0 aliphatic carbocycles. The zero-order chi connectivity index (χ0) is 30.6. The fourth-order valence-corrected chi connectivity index (χ4v) is 7.07. The van der Waals surface area contributed by atoms with Gasteiger partial charge in [-0.1, -0.05) is 97.1 Å². The van der Waals surface area contributed by atoms with E-state index in [1.165, 1.54) is 54.7 Å². The second-order valence-electron chi connectivity index (χ2n) is 11.7. The lowest BCUT2D eigenvalue weighted by atomic mass is 9.98. The topological polar surface area (TPSA) is 33.6 Å². The van der Waals surface area contributed by atoms with Crippen LogP contribution in [0.4, 0.5) is 0 Å². The molecule has 0 aliphatic rings. The van der Waals surface area contributed by atoms with Gasteiger partial charge in [0.05, 0.1) is 33.7 Å². The lowest BCUT2D eigenvalue weighted by Gasteiger charge is -2.11. The third-order valence-corrected chi connectivity index (χ3v) is 9.17. The molecule has 0 amide bonds. The van der Waals surface area contributed by atoms with Gasteiger partial charge >= 0.3 is 0 Å². The Hall–Kier alpha value is -6.37. The maximum atomic E-state index is 9.19. The van der Waals surface area contributed by atoms with E-state index in [9.17, 15) is 5.26 Å². The fourth-order valence-electron chi connectivity index (χ4n) is 7.07. The molecule has 0 bridgehead atoms. The van der Waals surface area contributed by atoms with Gasteiger partial charge in [0, 0.05) is 32.9 Å². The lowest BCUT2D eigenvalue weighted by molar-refractivity contribution is 1.18. The molecular weight excluding hydrogens is 558 g/mol. The summed E-state index contributed by atoms with van der Waals surface area (Å²) >= 11 is 0. The molecule has 0 saturated carbocycles. The maximum Gasteiger partial charge on any atom is 0.0991 e. The van der Waals surface area contributed by atoms with Crippen molar-refractivity contribution in [2.45, 2.75) is 0 Å². The zero-order valence-electron chi connectivity index (χ0n) is 24.9. The fraction of sp³-hybridized carbons (Fsp3) is 0. The number of hydrogen-bond acceptors (Lipinski definition) is 1. The van der Waals surface area contributed by atoms with Crippen LogP contribution in [-0.2, 0) is 0 Å². The number of rotatable bonds is 4. The SMILES string of the molecule is N#Cc1ccc(-c2ccc(-n3c4ccccc4c4c(-c5ccc6c(c5)c5ccccc5n6-c5ccccc5)cccc43)cc2)cc1. The Morgan fingerprint density at radius 2 is 0.935 bits per heavy atom. The predicted octanol–water partition coefficient (Wildman–Crippen LogP) is 11.1. The number of para-hydroxylation sites is 3. The molecule has 0 N–H and O–H groups in total. The number of fused-ring (bicyclic) bond motifs is 6. The van der Waals surface area contributed by atoms with Crippen LogP contribution in [0, 0.1) is 11.3 Å². The smallest absolute Gasteiger partial charge is 0.0991 e. The van der Waals surface area contributed by atoms with Gasteiger partial charge in [-0.2, -0.15) is 5.26 Å². The Bertz CT molecular complexity index is 2610. The van der Waals surface area contributed by atoms with E-state index in [0.29, 0.717) is 5.56 Å². The molecule has 0 unspecified atom stereocenters. The molecule has 2 aromatic heterocycles. The molecule has 0 atom stereocenters. The van der Waals surface area contributed by atoms with Crippen LogP contribution in [-0.4, -0.2) is 9.13 Å². The van der Waals surface area contributed by atoms with Crippen LogP contribution in [0.3, 0.4) is 0 Å². The molecule has 3 heteroatoms. The Labute approximate surface area is 266 Å². The van der Waals surface area contributed by atoms with E-state index < -0.39 is 0 Å². The van der Waals surface area contributed by atoms with Crippen molar-refractivity contribution >= 4 is 43.6 Å².